The SMILES string of the molecule is CCc1nc2cc(NC(=O)[C@@H](N)C(C)CC)ccc2o1. The molecule has 2 rings (SSSR count). The lowest BCUT2D eigenvalue weighted by Gasteiger charge is -2.17. The van der Waals surface area contributed by atoms with Gasteiger partial charge in [-0.1, -0.05) is 27.2 Å². The summed E-state index contributed by atoms with van der Waals surface area (Å²) in [6.45, 7) is 5.97. The summed E-state index contributed by atoms with van der Waals surface area (Å²) in [6, 6.07) is 4.92. The molecular formula is C15H21N3O2. The predicted molar refractivity (Wildman–Crippen MR) is 79.4 cm³/mol. The third-order valence-corrected chi connectivity index (χ3v) is 3.56. The smallest absolute Gasteiger partial charge is 0.241 e. The molecule has 0 aliphatic rings. The first-order valence-corrected chi connectivity index (χ1v) is 7.01. The van der Waals surface area contributed by atoms with Crippen molar-refractivity contribution in [2.75, 3.05) is 5.32 Å². The molecule has 1 aromatic heterocycles. The topological polar surface area (TPSA) is 81.2 Å². The van der Waals surface area contributed by atoms with Crippen LogP contribution >= 0.6 is 0 Å². The second kappa shape index (κ2) is 6.05. The molecule has 0 saturated heterocycles. The number of aromatic nitrogens is 1. The lowest BCUT2D eigenvalue weighted by Crippen LogP contribution is -2.40. The zero-order valence-electron chi connectivity index (χ0n) is 12.1. The molecule has 0 spiro atoms. The third-order valence-electron chi connectivity index (χ3n) is 3.56. The summed E-state index contributed by atoms with van der Waals surface area (Å²) < 4.78 is 5.53. The lowest BCUT2D eigenvalue weighted by atomic mass is 9.99. The summed E-state index contributed by atoms with van der Waals surface area (Å²) in [7, 11) is 0. The van der Waals surface area contributed by atoms with Crippen molar-refractivity contribution in [2.24, 2.45) is 11.7 Å². The summed E-state index contributed by atoms with van der Waals surface area (Å²) in [5, 5.41) is 2.83. The highest BCUT2D eigenvalue weighted by Crippen LogP contribution is 2.20. The molecule has 0 bridgehead atoms. The molecule has 2 aromatic rings. The zero-order valence-corrected chi connectivity index (χ0v) is 12.1. The van der Waals surface area contributed by atoms with Crippen molar-refractivity contribution in [2.45, 2.75) is 39.7 Å². The first kappa shape index (κ1) is 14.5. The lowest BCUT2D eigenvalue weighted by molar-refractivity contribution is -0.118. The van der Waals surface area contributed by atoms with Gasteiger partial charge in [0.15, 0.2) is 11.5 Å². The largest absolute Gasteiger partial charge is 0.441 e. The average Bonchev–Trinajstić information content (AvgIpc) is 2.87. The van der Waals surface area contributed by atoms with Crippen molar-refractivity contribution in [1.82, 2.24) is 4.98 Å². The fourth-order valence-corrected chi connectivity index (χ4v) is 1.94. The van der Waals surface area contributed by atoms with E-state index in [0.717, 1.165) is 23.9 Å². The van der Waals surface area contributed by atoms with Crippen LogP contribution in [0.2, 0.25) is 0 Å². The van der Waals surface area contributed by atoms with E-state index in [1.54, 1.807) is 12.1 Å². The molecule has 0 fully saturated rings. The summed E-state index contributed by atoms with van der Waals surface area (Å²) in [4.78, 5) is 16.4. The Kier molecular flexibility index (Phi) is 4.39. The molecule has 1 amide bonds. The highest BCUT2D eigenvalue weighted by molar-refractivity contribution is 5.96. The first-order valence-electron chi connectivity index (χ1n) is 7.01. The highest BCUT2D eigenvalue weighted by atomic mass is 16.3. The molecule has 1 aromatic carbocycles. The van der Waals surface area contributed by atoms with Gasteiger partial charge >= 0.3 is 0 Å². The molecule has 0 saturated carbocycles. The van der Waals surface area contributed by atoms with Crippen LogP contribution in [0.4, 0.5) is 5.69 Å². The van der Waals surface area contributed by atoms with Crippen molar-refractivity contribution >= 4 is 22.7 Å². The molecule has 20 heavy (non-hydrogen) atoms. The summed E-state index contributed by atoms with van der Waals surface area (Å²) >= 11 is 0. The molecule has 5 nitrogen and oxygen atoms in total. The normalized spacial score (nSPS) is 14.2. The van der Waals surface area contributed by atoms with Gasteiger partial charge in [-0.2, -0.15) is 0 Å². The van der Waals surface area contributed by atoms with Crippen molar-refractivity contribution in [3.63, 3.8) is 0 Å². The maximum Gasteiger partial charge on any atom is 0.241 e. The molecule has 1 unspecified atom stereocenters. The van der Waals surface area contributed by atoms with Gasteiger partial charge in [0, 0.05) is 12.1 Å². The molecule has 0 aliphatic heterocycles. The van der Waals surface area contributed by atoms with Crippen LogP contribution in [-0.4, -0.2) is 16.9 Å². The van der Waals surface area contributed by atoms with Gasteiger partial charge in [-0.05, 0) is 24.1 Å². The van der Waals surface area contributed by atoms with Crippen molar-refractivity contribution in [3.05, 3.63) is 24.1 Å². The number of rotatable bonds is 5. The number of nitrogens with two attached hydrogens (primary N) is 1. The quantitative estimate of drug-likeness (QED) is 0.879. The fraction of sp³-hybridized carbons (Fsp3) is 0.467. The molecule has 2 atom stereocenters. The van der Waals surface area contributed by atoms with Crippen molar-refractivity contribution < 1.29 is 9.21 Å². The number of fused-ring (bicyclic) bond motifs is 1. The number of amides is 1. The van der Waals surface area contributed by atoms with E-state index in [1.807, 2.05) is 26.8 Å². The van der Waals surface area contributed by atoms with Crippen LogP contribution in [-0.2, 0) is 11.2 Å². The van der Waals surface area contributed by atoms with Crippen LogP contribution in [0, 0.1) is 5.92 Å². The number of oxazole rings is 1. The van der Waals surface area contributed by atoms with Gasteiger partial charge in [0.2, 0.25) is 5.91 Å². The average molecular weight is 275 g/mol. The van der Waals surface area contributed by atoms with Gasteiger partial charge in [0.25, 0.3) is 0 Å². The minimum atomic E-state index is -0.501. The van der Waals surface area contributed by atoms with E-state index in [2.05, 4.69) is 10.3 Å². The van der Waals surface area contributed by atoms with E-state index in [0.29, 0.717) is 11.6 Å². The maximum atomic E-state index is 12.0. The van der Waals surface area contributed by atoms with Gasteiger partial charge in [-0.25, -0.2) is 4.98 Å². The molecule has 3 N–H and O–H groups in total. The maximum absolute atomic E-state index is 12.0. The second-order valence-electron chi connectivity index (χ2n) is 5.04. The molecule has 0 aliphatic carbocycles. The molecular weight excluding hydrogens is 254 g/mol. The number of hydrogen-bond donors (Lipinski definition) is 2. The van der Waals surface area contributed by atoms with Crippen LogP contribution in [0.3, 0.4) is 0 Å². The fourth-order valence-electron chi connectivity index (χ4n) is 1.94. The van der Waals surface area contributed by atoms with Gasteiger partial charge < -0.3 is 15.5 Å². The molecule has 108 valence electrons. The van der Waals surface area contributed by atoms with Gasteiger partial charge in [0.1, 0.15) is 5.52 Å². The van der Waals surface area contributed by atoms with Crippen molar-refractivity contribution in [1.29, 1.82) is 0 Å². The number of carbonyl (C=O) groups excluding carboxylic acids is 1. The number of aryl methyl sites for hydroxylation is 1. The first-order chi connectivity index (χ1) is 9.55. The predicted octanol–water partition coefficient (Wildman–Crippen LogP) is 2.70. The van der Waals surface area contributed by atoms with E-state index >= 15 is 0 Å². The Hall–Kier alpha value is -1.88. The van der Waals surface area contributed by atoms with E-state index < -0.39 is 6.04 Å². The molecule has 0 radical (unpaired) electrons. The summed E-state index contributed by atoms with van der Waals surface area (Å²) in [6.07, 6.45) is 1.62. The van der Waals surface area contributed by atoms with E-state index in [4.69, 9.17) is 10.2 Å². The van der Waals surface area contributed by atoms with Crippen LogP contribution in [0.1, 0.15) is 33.1 Å². The number of carbonyl (C=O) groups is 1. The second-order valence-corrected chi connectivity index (χ2v) is 5.04. The van der Waals surface area contributed by atoms with Crippen LogP contribution < -0.4 is 11.1 Å². The highest BCUT2D eigenvalue weighted by Gasteiger charge is 2.19. The minimum Gasteiger partial charge on any atom is -0.441 e. The molecule has 5 heteroatoms. The number of hydrogen-bond acceptors (Lipinski definition) is 4. The Balaban J connectivity index is 2.15. The summed E-state index contributed by atoms with van der Waals surface area (Å²) in [5.74, 6) is 0.676. The Morgan fingerprint density at radius 3 is 2.85 bits per heavy atom. The standard InChI is InChI=1S/C15H21N3O2/c1-4-9(3)14(16)15(19)17-10-6-7-12-11(8-10)18-13(5-2)20-12/h6-9,14H,4-5,16H2,1-3H3,(H,17,19)/t9?,14-/m0/s1. The number of anilines is 1. The minimum absolute atomic E-state index is 0.150. The number of benzene rings is 1. The van der Waals surface area contributed by atoms with Gasteiger partial charge in [-0.15, -0.1) is 0 Å². The van der Waals surface area contributed by atoms with E-state index in [-0.39, 0.29) is 11.8 Å². The van der Waals surface area contributed by atoms with Crippen LogP contribution in [0.15, 0.2) is 22.6 Å². The summed E-state index contributed by atoms with van der Waals surface area (Å²) in [5.41, 5.74) is 8.08. The van der Waals surface area contributed by atoms with E-state index in [1.165, 1.54) is 0 Å². The zero-order chi connectivity index (χ0) is 14.7. The van der Waals surface area contributed by atoms with Gasteiger partial charge in [-0.3, -0.25) is 4.79 Å². The van der Waals surface area contributed by atoms with Crippen LogP contribution in [0.5, 0.6) is 0 Å². The van der Waals surface area contributed by atoms with E-state index in [9.17, 15) is 4.79 Å². The Morgan fingerprint density at radius 1 is 1.45 bits per heavy atom. The monoisotopic (exact) mass is 275 g/mol. The van der Waals surface area contributed by atoms with Gasteiger partial charge in [0.05, 0.1) is 6.04 Å². The third kappa shape index (κ3) is 2.99. The number of nitrogens with zero attached hydrogens (tertiary/aromatic N) is 1. The molecule has 1 heterocycles. The Morgan fingerprint density at radius 2 is 2.20 bits per heavy atom. The number of nitrogens with one attached hydrogen (secondary N) is 1. The Labute approximate surface area is 118 Å². The Bertz CT molecular complexity index is 606. The van der Waals surface area contributed by atoms with Crippen molar-refractivity contribution in [3.8, 4) is 0 Å². The van der Waals surface area contributed by atoms with Crippen LogP contribution in [0.25, 0.3) is 11.1 Å².